The van der Waals surface area contributed by atoms with Crippen molar-refractivity contribution in [3.8, 4) is 0 Å². The third-order valence-corrected chi connectivity index (χ3v) is 24.7. The number of fused-ring (bicyclic) bond motifs is 14. The van der Waals surface area contributed by atoms with E-state index in [0.29, 0.717) is 0 Å². The molecule has 442 valence electrons. The van der Waals surface area contributed by atoms with E-state index in [2.05, 4.69) is 272 Å². The molecule has 1 fully saturated rings. The summed E-state index contributed by atoms with van der Waals surface area (Å²) < 4.78 is 6.93. The first kappa shape index (κ1) is 55.3. The highest BCUT2D eigenvalue weighted by Gasteiger charge is 2.59. The van der Waals surface area contributed by atoms with Crippen LogP contribution in [-0.2, 0) is 43.3 Å². The molecule has 4 aliphatic carbocycles. The largest absolute Gasteiger partial charge is 0.456 e. The zero-order chi connectivity index (χ0) is 60.9. The Balaban J connectivity index is 1.07. The maximum atomic E-state index is 6.93. The van der Waals surface area contributed by atoms with Crippen LogP contribution >= 0.6 is 0 Å². The molecule has 2 unspecified atom stereocenters. The van der Waals surface area contributed by atoms with Gasteiger partial charge >= 0.3 is 0 Å². The van der Waals surface area contributed by atoms with E-state index in [0.717, 1.165) is 59.7 Å². The van der Waals surface area contributed by atoms with Crippen molar-refractivity contribution < 1.29 is 4.42 Å². The van der Waals surface area contributed by atoms with Crippen LogP contribution in [0.3, 0.4) is 0 Å². The number of nitrogens with zero attached hydrogens (tertiary/aromatic N) is 3. The second-order valence-electron chi connectivity index (χ2n) is 33.4. The van der Waals surface area contributed by atoms with Gasteiger partial charge in [0.15, 0.2) is 0 Å². The van der Waals surface area contributed by atoms with Gasteiger partial charge in [-0.1, -0.05) is 196 Å². The molecule has 0 spiro atoms. The van der Waals surface area contributed by atoms with Gasteiger partial charge in [0.2, 0.25) is 0 Å². The lowest BCUT2D eigenvalue weighted by Gasteiger charge is -2.52. The molecule has 4 heterocycles. The first-order chi connectivity index (χ1) is 41.0. The fraction of sp³-hybridized carbons (Fsp3) is 0.415. The van der Waals surface area contributed by atoms with Crippen molar-refractivity contribution in [3.05, 3.63) is 195 Å². The van der Waals surface area contributed by atoms with Gasteiger partial charge in [-0.05, 0) is 205 Å². The van der Waals surface area contributed by atoms with E-state index in [9.17, 15) is 0 Å². The second-order valence-corrected chi connectivity index (χ2v) is 33.4. The molecule has 1 saturated carbocycles. The maximum absolute atomic E-state index is 6.93. The molecule has 1 aromatic heterocycles. The second kappa shape index (κ2) is 17.5. The van der Waals surface area contributed by atoms with Gasteiger partial charge in [0.05, 0.1) is 5.54 Å². The highest BCUT2D eigenvalue weighted by Crippen LogP contribution is 2.63. The van der Waals surface area contributed by atoms with E-state index in [-0.39, 0.29) is 55.6 Å². The van der Waals surface area contributed by atoms with Gasteiger partial charge in [-0.3, -0.25) is 0 Å². The van der Waals surface area contributed by atoms with Crippen molar-refractivity contribution in [2.24, 2.45) is 0 Å². The number of hydrogen-bond donors (Lipinski definition) is 0. The third-order valence-electron chi connectivity index (χ3n) is 24.7. The van der Waals surface area contributed by atoms with Gasteiger partial charge in [0, 0.05) is 78.6 Å². The molecule has 0 saturated heterocycles. The van der Waals surface area contributed by atoms with Crippen LogP contribution in [0.1, 0.15) is 225 Å². The van der Waals surface area contributed by atoms with Crippen LogP contribution in [0.2, 0.25) is 0 Å². The van der Waals surface area contributed by atoms with Crippen molar-refractivity contribution >= 4 is 90.5 Å². The van der Waals surface area contributed by atoms with Gasteiger partial charge in [0.1, 0.15) is 11.2 Å². The summed E-state index contributed by atoms with van der Waals surface area (Å²) in [5.74, 6) is 0. The monoisotopic (exact) mass is 1140 g/mol. The molecule has 2 atom stereocenters. The quantitative estimate of drug-likeness (QED) is 0.164. The van der Waals surface area contributed by atoms with Gasteiger partial charge in [-0.2, -0.15) is 0 Å². The molecule has 7 aliphatic rings. The number of anilines is 8. The Morgan fingerprint density at radius 1 is 0.379 bits per heavy atom. The van der Waals surface area contributed by atoms with E-state index in [1.807, 2.05) is 0 Å². The molecule has 9 aromatic rings. The average Bonchev–Trinajstić information content (AvgIpc) is 1.56. The Hall–Kier alpha value is -6.98. The van der Waals surface area contributed by atoms with E-state index < -0.39 is 0 Å². The minimum absolute atomic E-state index is 0.00566. The summed E-state index contributed by atoms with van der Waals surface area (Å²) in [5, 5.41) is 2.30. The average molecular weight is 1140 g/mol. The Kier molecular flexibility index (Phi) is 11.1. The van der Waals surface area contributed by atoms with Crippen molar-refractivity contribution in [1.82, 2.24) is 0 Å². The molecule has 3 aliphatic heterocycles. The Morgan fingerprint density at radius 3 is 1.52 bits per heavy atom. The zero-order valence-electron chi connectivity index (χ0n) is 55.3. The molecular formula is C82H90BN3O. The Morgan fingerprint density at radius 2 is 0.885 bits per heavy atom. The molecule has 87 heavy (non-hydrogen) atoms. The van der Waals surface area contributed by atoms with Crippen LogP contribution in [-0.4, -0.2) is 12.3 Å². The summed E-state index contributed by atoms with van der Waals surface area (Å²) >= 11 is 0. The number of rotatable bonds is 3. The van der Waals surface area contributed by atoms with Crippen molar-refractivity contribution in [3.63, 3.8) is 0 Å². The zero-order valence-corrected chi connectivity index (χ0v) is 55.3. The fourth-order valence-corrected chi connectivity index (χ4v) is 18.8. The summed E-state index contributed by atoms with van der Waals surface area (Å²) in [6, 6.07) is 56.5. The Labute approximate surface area is 519 Å². The van der Waals surface area contributed by atoms with Crippen LogP contribution in [0.4, 0.5) is 45.5 Å². The van der Waals surface area contributed by atoms with Crippen LogP contribution in [0, 0.1) is 0 Å². The molecule has 0 bridgehead atoms. The first-order valence-electron chi connectivity index (χ1n) is 33.2. The first-order valence-corrected chi connectivity index (χ1v) is 33.2. The molecule has 5 heteroatoms. The van der Waals surface area contributed by atoms with Crippen LogP contribution in [0.15, 0.2) is 144 Å². The summed E-state index contributed by atoms with van der Waals surface area (Å²) in [6.07, 6.45) is 9.36. The van der Waals surface area contributed by atoms with Crippen molar-refractivity contribution in [1.29, 1.82) is 0 Å². The van der Waals surface area contributed by atoms with Gasteiger partial charge in [-0.15, -0.1) is 0 Å². The number of furan rings is 1. The molecule has 16 rings (SSSR count). The number of benzene rings is 8. The van der Waals surface area contributed by atoms with Crippen LogP contribution in [0.5, 0.6) is 0 Å². The molecule has 8 aromatic carbocycles. The lowest BCUT2D eigenvalue weighted by Crippen LogP contribution is -2.62. The third kappa shape index (κ3) is 7.38. The summed E-state index contributed by atoms with van der Waals surface area (Å²) in [5.41, 5.74) is 30.0. The van der Waals surface area contributed by atoms with Gasteiger partial charge in [-0.25, -0.2) is 0 Å². The predicted octanol–water partition coefficient (Wildman–Crippen LogP) is 20.4. The lowest BCUT2D eigenvalue weighted by molar-refractivity contribution is 0.195. The van der Waals surface area contributed by atoms with E-state index >= 15 is 0 Å². The highest BCUT2D eigenvalue weighted by atomic mass is 16.3. The molecule has 4 nitrogen and oxygen atoms in total. The van der Waals surface area contributed by atoms with E-state index in [4.69, 9.17) is 4.42 Å². The van der Waals surface area contributed by atoms with Crippen molar-refractivity contribution in [2.75, 3.05) is 14.7 Å². The predicted molar refractivity (Wildman–Crippen MR) is 371 cm³/mol. The highest BCUT2D eigenvalue weighted by molar-refractivity contribution is 7.00. The van der Waals surface area contributed by atoms with E-state index in [1.165, 1.54) is 131 Å². The van der Waals surface area contributed by atoms with Crippen LogP contribution < -0.4 is 31.1 Å². The minimum atomic E-state index is -0.270. The smallest absolute Gasteiger partial charge is 0.252 e. The minimum Gasteiger partial charge on any atom is -0.456 e. The normalized spacial score (nSPS) is 23.4. The number of hydrogen-bond acceptors (Lipinski definition) is 4. The summed E-state index contributed by atoms with van der Waals surface area (Å²) in [7, 11) is 0. The fourth-order valence-electron chi connectivity index (χ4n) is 18.8. The maximum Gasteiger partial charge on any atom is 0.252 e. The summed E-state index contributed by atoms with van der Waals surface area (Å²) in [6.45, 7) is 42.3. The molecule has 0 amide bonds. The lowest BCUT2D eigenvalue weighted by atomic mass is 9.32. The van der Waals surface area contributed by atoms with E-state index in [1.54, 1.807) is 0 Å². The topological polar surface area (TPSA) is 22.9 Å². The van der Waals surface area contributed by atoms with Gasteiger partial charge < -0.3 is 19.1 Å². The SMILES string of the molecule is CC(C)(C)c1ccc2c(c1)C1(C)CCCCC1(C)N2c1cc2c3c(c1)N(c1ccc4c(c1)oc1ccccc14)c1cc4c(cc1B3c1cc3c(cc1N2c1ccc2c(c1)C(C)(C)CCC2(C)C)C(C)(C)CCC3(C)C)C(C)(C)c1ccccc1C4(C)C. The van der Waals surface area contributed by atoms with Gasteiger partial charge in [0.25, 0.3) is 6.71 Å². The molecule has 0 N–H and O–H groups in total. The molecule has 0 radical (unpaired) electrons. The van der Waals surface area contributed by atoms with Crippen LogP contribution in [0.25, 0.3) is 21.9 Å². The summed E-state index contributed by atoms with van der Waals surface area (Å²) in [4.78, 5) is 8.37. The standard InChI is InChI=1S/C82H90BN3O/c1-74(2,3)49-28-33-66-63(40-49)81(16)34-22-23-35-82(81,17)86(66)52-42-69-73-70(43-52)85(51-29-31-54-53-24-18-21-27-71(53)87-72(54)44-51)68-48-62-61(79(12,13)56-25-19-20-26-57(56)80(62,14)15)46-65(68)83(73)64-45-59-60(78(10,11)39-38-77(59,8)9)47-67(64)84(69)50-30-32-55-58(41-50)76(6,7)37-36-75(55,4)5/h18-21,24-33,40-48H,22-23,34-39H2,1-17H3. The Bertz CT molecular complexity index is 4480. The molecular weight excluding hydrogens is 1050 g/mol. The van der Waals surface area contributed by atoms with Crippen molar-refractivity contribution in [2.45, 2.75) is 218 Å². The number of para-hydroxylation sites is 1.